The van der Waals surface area contributed by atoms with E-state index in [9.17, 15) is 9.59 Å². The van der Waals surface area contributed by atoms with Crippen molar-refractivity contribution in [1.29, 1.82) is 0 Å². The highest BCUT2D eigenvalue weighted by atomic mass is 16.5. The van der Waals surface area contributed by atoms with Crippen LogP contribution in [0.2, 0.25) is 0 Å². The number of aromatic nitrogens is 2. The lowest BCUT2D eigenvalue weighted by atomic mass is 10.00. The summed E-state index contributed by atoms with van der Waals surface area (Å²) in [6.45, 7) is 6.67. The molecule has 44 heavy (non-hydrogen) atoms. The van der Waals surface area contributed by atoms with Gasteiger partial charge in [-0.05, 0) is 62.2 Å². The van der Waals surface area contributed by atoms with Crippen LogP contribution in [0.1, 0.15) is 40.0 Å². The molecule has 0 spiro atoms. The second-order valence-corrected chi connectivity index (χ2v) is 11.8. The van der Waals surface area contributed by atoms with Crippen molar-refractivity contribution in [1.82, 2.24) is 25.1 Å². The molecule has 3 aliphatic heterocycles. The second kappa shape index (κ2) is 13.2. The number of aryl methyl sites for hydroxylation is 2. The Labute approximate surface area is 258 Å². The van der Waals surface area contributed by atoms with Gasteiger partial charge >= 0.3 is 0 Å². The van der Waals surface area contributed by atoms with Gasteiger partial charge in [0.15, 0.2) is 11.5 Å². The van der Waals surface area contributed by atoms with Gasteiger partial charge in [-0.25, -0.2) is 9.97 Å². The minimum absolute atomic E-state index is 0.0948. The minimum atomic E-state index is -0.359. The molecule has 1 N–H and O–H groups in total. The highest BCUT2D eigenvalue weighted by molar-refractivity contribution is 5.95. The van der Waals surface area contributed by atoms with Crippen LogP contribution in [-0.2, 0) is 22.6 Å². The molecular formula is C33H40N6O5. The van der Waals surface area contributed by atoms with E-state index < -0.39 is 0 Å². The number of carbonyl (C=O) groups excluding carboxylic acids is 2. The summed E-state index contributed by atoms with van der Waals surface area (Å²) in [5.74, 6) is 2.33. The highest BCUT2D eigenvalue weighted by Gasteiger charge is 2.34. The van der Waals surface area contributed by atoms with E-state index in [1.165, 1.54) is 0 Å². The van der Waals surface area contributed by atoms with Gasteiger partial charge in [0.1, 0.15) is 5.75 Å². The van der Waals surface area contributed by atoms with Gasteiger partial charge in [-0.3, -0.25) is 9.59 Å². The van der Waals surface area contributed by atoms with Gasteiger partial charge in [-0.1, -0.05) is 18.2 Å². The molecule has 11 heteroatoms. The predicted octanol–water partition coefficient (Wildman–Crippen LogP) is 3.20. The van der Waals surface area contributed by atoms with Gasteiger partial charge in [0, 0.05) is 51.9 Å². The molecule has 232 valence electrons. The third-order valence-corrected chi connectivity index (χ3v) is 8.63. The molecule has 3 aromatic rings. The normalized spacial score (nSPS) is 21.3. The third-order valence-electron chi connectivity index (χ3n) is 8.63. The number of piperazine rings is 1. The van der Waals surface area contributed by atoms with Gasteiger partial charge in [0.05, 0.1) is 37.1 Å². The van der Waals surface area contributed by atoms with E-state index in [4.69, 9.17) is 19.2 Å². The molecule has 1 aromatic heterocycles. The van der Waals surface area contributed by atoms with Crippen LogP contribution in [0.25, 0.3) is 0 Å². The number of nitrogens with one attached hydrogen (secondary N) is 1. The zero-order valence-electron chi connectivity index (χ0n) is 25.6. The largest absolute Gasteiger partial charge is 0.493 e. The number of piperidine rings is 1. The third kappa shape index (κ3) is 6.79. The predicted molar refractivity (Wildman–Crippen MR) is 165 cm³/mol. The van der Waals surface area contributed by atoms with Crippen LogP contribution in [0.3, 0.4) is 0 Å². The van der Waals surface area contributed by atoms with Crippen LogP contribution < -0.4 is 19.7 Å². The quantitative estimate of drug-likeness (QED) is 0.485. The zero-order chi connectivity index (χ0) is 30.6. The molecule has 2 aromatic carbocycles. The SMILES string of the molecule is COc1ccc2cc1Oc1cccc(c1)CO[C@@H]1CCN(C(=O)c3cnc(N4CCN(C)CC4)nc3C)C[C@@H]1NC(=O)CC2. The van der Waals surface area contributed by atoms with E-state index in [-0.39, 0.29) is 30.4 Å². The second-order valence-electron chi connectivity index (χ2n) is 11.8. The Morgan fingerprint density at radius 1 is 1.05 bits per heavy atom. The molecule has 2 fully saturated rings. The van der Waals surface area contributed by atoms with E-state index in [2.05, 4.69) is 27.1 Å². The number of likely N-dealkylation sites (tertiary alicyclic amines) is 1. The summed E-state index contributed by atoms with van der Waals surface area (Å²) in [6.07, 6.45) is 2.80. The Morgan fingerprint density at radius 2 is 1.89 bits per heavy atom. The lowest BCUT2D eigenvalue weighted by Crippen LogP contribution is -2.57. The fourth-order valence-corrected chi connectivity index (χ4v) is 5.97. The maximum absolute atomic E-state index is 13.7. The molecular weight excluding hydrogens is 560 g/mol. The van der Waals surface area contributed by atoms with E-state index in [0.29, 0.717) is 67.0 Å². The van der Waals surface area contributed by atoms with Crippen molar-refractivity contribution in [2.24, 2.45) is 0 Å². The summed E-state index contributed by atoms with van der Waals surface area (Å²) in [7, 11) is 3.71. The summed E-state index contributed by atoms with van der Waals surface area (Å²) in [5, 5.41) is 3.18. The molecule has 2 saturated heterocycles. The molecule has 6 rings (SSSR count). The van der Waals surface area contributed by atoms with E-state index >= 15 is 0 Å². The summed E-state index contributed by atoms with van der Waals surface area (Å²) in [4.78, 5) is 42.4. The van der Waals surface area contributed by atoms with Crippen molar-refractivity contribution in [3.05, 3.63) is 71.0 Å². The lowest BCUT2D eigenvalue weighted by Gasteiger charge is -2.39. The topological polar surface area (TPSA) is 109 Å². The van der Waals surface area contributed by atoms with Crippen LogP contribution in [0.4, 0.5) is 5.95 Å². The van der Waals surface area contributed by atoms with Crippen LogP contribution in [0, 0.1) is 6.92 Å². The van der Waals surface area contributed by atoms with Crippen LogP contribution in [0.5, 0.6) is 17.2 Å². The fourth-order valence-electron chi connectivity index (χ4n) is 5.97. The maximum Gasteiger partial charge on any atom is 0.257 e. The Bertz CT molecular complexity index is 1510. The molecule has 2 amide bonds. The Balaban J connectivity index is 1.19. The van der Waals surface area contributed by atoms with Crippen molar-refractivity contribution in [2.45, 2.75) is 44.9 Å². The van der Waals surface area contributed by atoms with Gasteiger partial charge in [-0.2, -0.15) is 0 Å². The standard InChI is InChI=1S/C33H40N6O5/c1-22-26(19-34-33(35-22)38-15-13-37(2)14-16-38)32(41)39-12-11-28-27(20-39)36-31(40)10-8-23-7-9-29(42-3)30(18-23)44-25-6-4-5-24(17-25)21-43-28/h4-7,9,17-19,27-28H,8,10-16,20-21H2,1-3H3,(H,36,40)/t27-,28+/m0/s1. The van der Waals surface area contributed by atoms with Crippen molar-refractivity contribution in [3.8, 4) is 17.2 Å². The number of nitrogens with zero attached hydrogens (tertiary/aromatic N) is 5. The molecule has 0 aliphatic carbocycles. The molecule has 3 aliphatic rings. The zero-order valence-corrected chi connectivity index (χ0v) is 25.6. The number of hydrogen-bond acceptors (Lipinski definition) is 9. The fraction of sp³-hybridized carbons (Fsp3) is 0.455. The first-order valence-corrected chi connectivity index (χ1v) is 15.3. The summed E-state index contributed by atoms with van der Waals surface area (Å²) >= 11 is 0. The number of anilines is 1. The molecule has 0 saturated carbocycles. The van der Waals surface area contributed by atoms with Crippen molar-refractivity contribution < 1.29 is 23.8 Å². The molecule has 11 nitrogen and oxygen atoms in total. The number of hydrogen-bond donors (Lipinski definition) is 1. The Kier molecular flexibility index (Phi) is 8.94. The number of rotatable bonds is 3. The molecule has 0 radical (unpaired) electrons. The van der Waals surface area contributed by atoms with E-state index in [1.807, 2.05) is 49.4 Å². The van der Waals surface area contributed by atoms with Crippen molar-refractivity contribution in [2.75, 3.05) is 58.3 Å². The van der Waals surface area contributed by atoms with Crippen LogP contribution >= 0.6 is 0 Å². The van der Waals surface area contributed by atoms with Crippen LogP contribution in [-0.4, -0.2) is 97.2 Å². The number of fused-ring (bicyclic) bond motifs is 5. The Morgan fingerprint density at radius 3 is 2.68 bits per heavy atom. The lowest BCUT2D eigenvalue weighted by molar-refractivity contribution is -0.124. The van der Waals surface area contributed by atoms with E-state index in [1.54, 1.807) is 18.2 Å². The van der Waals surface area contributed by atoms with Gasteiger partial charge in [-0.15, -0.1) is 0 Å². The number of likely N-dealkylation sites (N-methyl/N-ethyl adjacent to an activating group) is 1. The maximum atomic E-state index is 13.7. The van der Waals surface area contributed by atoms with Crippen LogP contribution in [0.15, 0.2) is 48.7 Å². The average molecular weight is 601 g/mol. The number of carbonyl (C=O) groups is 2. The highest BCUT2D eigenvalue weighted by Crippen LogP contribution is 2.33. The molecule has 2 atom stereocenters. The first kappa shape index (κ1) is 29.8. The minimum Gasteiger partial charge on any atom is -0.493 e. The number of amides is 2. The molecule has 0 unspecified atom stereocenters. The number of ether oxygens (including phenoxy) is 3. The number of benzene rings is 2. The number of methoxy groups -OCH3 is 1. The monoisotopic (exact) mass is 600 g/mol. The van der Waals surface area contributed by atoms with Gasteiger partial charge in [0.2, 0.25) is 11.9 Å². The Hall–Kier alpha value is -4.22. The first-order valence-electron chi connectivity index (χ1n) is 15.3. The summed E-state index contributed by atoms with van der Waals surface area (Å²) in [5.41, 5.74) is 3.05. The molecule has 4 bridgehead atoms. The van der Waals surface area contributed by atoms with Crippen molar-refractivity contribution >= 4 is 17.8 Å². The van der Waals surface area contributed by atoms with Crippen molar-refractivity contribution in [3.63, 3.8) is 0 Å². The smallest absolute Gasteiger partial charge is 0.257 e. The van der Waals surface area contributed by atoms with Gasteiger partial charge < -0.3 is 34.2 Å². The van der Waals surface area contributed by atoms with E-state index in [0.717, 1.165) is 37.3 Å². The summed E-state index contributed by atoms with van der Waals surface area (Å²) < 4.78 is 18.1. The molecule has 4 heterocycles. The van der Waals surface area contributed by atoms with Gasteiger partial charge in [0.25, 0.3) is 5.91 Å². The first-order chi connectivity index (χ1) is 21.4. The summed E-state index contributed by atoms with van der Waals surface area (Å²) in [6, 6.07) is 13.1. The average Bonchev–Trinajstić information content (AvgIpc) is 3.03.